The van der Waals surface area contributed by atoms with Gasteiger partial charge < -0.3 is 37.9 Å². The van der Waals surface area contributed by atoms with Crippen LogP contribution in [0.3, 0.4) is 0 Å². The number of aliphatic imine (C=N–C) groups is 2. The molecule has 16 heteroatoms. The Bertz CT molecular complexity index is 2140. The molecule has 0 bridgehead atoms. The van der Waals surface area contributed by atoms with Crippen LogP contribution in [0.2, 0.25) is 0 Å². The SMILES string of the molecule is CCOc1cc2c(cc1OC)C(c1cnc(OC)nc1)=N[C@@H]1CC[C@@H](OC(=O)C(=O)O[C@@H]3CC[C@H]4N=C(c5cnc(OC)nc5)c5cc(OC)c(OCC)cc5[C@H]4C3)C[C@H]21. The molecule has 0 amide bonds. The van der Waals surface area contributed by atoms with Crippen molar-refractivity contribution in [2.75, 3.05) is 41.7 Å². The summed E-state index contributed by atoms with van der Waals surface area (Å²) in [4.78, 5) is 54.5. The highest BCUT2D eigenvalue weighted by Gasteiger charge is 2.42. The molecule has 60 heavy (non-hydrogen) atoms. The van der Waals surface area contributed by atoms with Gasteiger partial charge in [-0.05, 0) is 87.8 Å². The number of benzene rings is 2. The molecule has 2 aromatic carbocycles. The van der Waals surface area contributed by atoms with Gasteiger partial charge in [0, 0.05) is 58.9 Å². The summed E-state index contributed by atoms with van der Waals surface area (Å²) < 4.78 is 45.5. The first kappa shape index (κ1) is 40.5. The van der Waals surface area contributed by atoms with Gasteiger partial charge in [0.1, 0.15) is 12.2 Å². The average Bonchev–Trinajstić information content (AvgIpc) is 3.28. The molecular formula is C44H48N6O10. The van der Waals surface area contributed by atoms with E-state index >= 15 is 0 Å². The lowest BCUT2D eigenvalue weighted by atomic mass is 9.74. The second-order valence-corrected chi connectivity index (χ2v) is 14.9. The maximum absolute atomic E-state index is 13.5. The van der Waals surface area contributed by atoms with Gasteiger partial charge in [-0.3, -0.25) is 9.98 Å². The number of rotatable bonds is 12. The van der Waals surface area contributed by atoms with Crippen LogP contribution in [0.4, 0.5) is 0 Å². The van der Waals surface area contributed by atoms with Crippen LogP contribution in [-0.4, -0.2) is 109 Å². The first-order chi connectivity index (χ1) is 29.2. The van der Waals surface area contributed by atoms with Crippen molar-refractivity contribution >= 4 is 23.4 Å². The molecule has 2 fully saturated rings. The Morgan fingerprint density at radius 3 is 1.30 bits per heavy atom. The number of ether oxygens (including phenoxy) is 8. The third-order valence-corrected chi connectivity index (χ3v) is 11.6. The summed E-state index contributed by atoms with van der Waals surface area (Å²) in [6.45, 7) is 4.73. The molecule has 0 spiro atoms. The number of hydrogen-bond acceptors (Lipinski definition) is 16. The lowest BCUT2D eigenvalue weighted by molar-refractivity contribution is -0.176. The Balaban J connectivity index is 0.982. The van der Waals surface area contributed by atoms with E-state index in [9.17, 15) is 9.59 Å². The number of carbonyl (C=O) groups is 2. The maximum Gasteiger partial charge on any atom is 0.417 e. The van der Waals surface area contributed by atoms with Crippen LogP contribution in [0.1, 0.15) is 97.6 Å². The molecule has 2 aliphatic carbocycles. The lowest BCUT2D eigenvalue weighted by Gasteiger charge is -2.39. The van der Waals surface area contributed by atoms with Gasteiger partial charge in [0.2, 0.25) is 0 Å². The predicted octanol–water partition coefficient (Wildman–Crippen LogP) is 5.60. The summed E-state index contributed by atoms with van der Waals surface area (Å²) in [6, 6.07) is 8.09. The van der Waals surface area contributed by atoms with Crippen LogP contribution in [0.25, 0.3) is 0 Å². The van der Waals surface area contributed by atoms with E-state index in [4.69, 9.17) is 47.9 Å². The molecule has 314 valence electrons. The minimum absolute atomic E-state index is 0.114. The Labute approximate surface area is 347 Å². The number of fused-ring (bicyclic) bond motifs is 6. The van der Waals surface area contributed by atoms with Gasteiger partial charge in [-0.1, -0.05) is 0 Å². The van der Waals surface area contributed by atoms with E-state index < -0.39 is 24.1 Å². The highest BCUT2D eigenvalue weighted by molar-refractivity contribution is 6.29. The summed E-state index contributed by atoms with van der Waals surface area (Å²) in [7, 11) is 6.22. The third kappa shape index (κ3) is 7.89. The summed E-state index contributed by atoms with van der Waals surface area (Å²) in [6.07, 6.45) is 8.91. The van der Waals surface area contributed by atoms with Crippen LogP contribution >= 0.6 is 0 Å². The number of methoxy groups -OCH3 is 4. The van der Waals surface area contributed by atoms with Gasteiger partial charge in [0.05, 0.1) is 65.2 Å². The van der Waals surface area contributed by atoms with Crippen molar-refractivity contribution in [1.82, 2.24) is 19.9 Å². The van der Waals surface area contributed by atoms with Crippen LogP contribution in [0.15, 0.2) is 59.0 Å². The molecular weight excluding hydrogens is 773 g/mol. The number of carbonyl (C=O) groups excluding carboxylic acids is 2. The van der Waals surface area contributed by atoms with Crippen molar-refractivity contribution in [2.24, 2.45) is 9.98 Å². The van der Waals surface area contributed by atoms with Gasteiger partial charge in [-0.15, -0.1) is 0 Å². The zero-order chi connectivity index (χ0) is 41.9. The molecule has 4 aromatic rings. The van der Waals surface area contributed by atoms with Crippen molar-refractivity contribution in [2.45, 2.75) is 88.5 Å². The number of hydrogen-bond donors (Lipinski definition) is 0. The largest absolute Gasteiger partial charge is 0.493 e. The number of aromatic nitrogens is 4. The van der Waals surface area contributed by atoms with Crippen LogP contribution in [0, 0.1) is 0 Å². The van der Waals surface area contributed by atoms with Crippen LogP contribution in [-0.2, 0) is 19.1 Å². The minimum atomic E-state index is -1.01. The molecule has 0 unspecified atom stereocenters. The summed E-state index contributed by atoms with van der Waals surface area (Å²) in [5.74, 6) is 0.0929. The van der Waals surface area contributed by atoms with E-state index in [-0.39, 0.29) is 35.9 Å². The highest BCUT2D eigenvalue weighted by Crippen LogP contribution is 2.47. The quantitative estimate of drug-likeness (QED) is 0.127. The van der Waals surface area contributed by atoms with Gasteiger partial charge in [-0.2, -0.15) is 0 Å². The van der Waals surface area contributed by atoms with E-state index in [2.05, 4.69) is 19.9 Å². The van der Waals surface area contributed by atoms with Gasteiger partial charge in [0.15, 0.2) is 23.0 Å². The second kappa shape index (κ2) is 17.5. The standard InChI is InChI=1S/C44H48N6O10/c1-7-57-37-15-27-29-13-25(9-11-33(29)49-39(31(27)17-35(37)53-3)23-19-45-43(55-5)46-20-23)59-41(51)42(52)60-26-10-12-34-30(14-26)28-16-38(58-8-2)36(54-4)18-32(28)40(50-34)24-21-47-44(56-6)48-22-24/h15-22,25-26,29-30,33-34H,7-14H2,1-6H3/t25-,26-,29-,30-,33-,34-/m1/s1. The van der Waals surface area contributed by atoms with Crippen molar-refractivity contribution in [3.8, 4) is 35.0 Å². The summed E-state index contributed by atoms with van der Waals surface area (Å²) in [5, 5.41) is 0. The molecule has 16 nitrogen and oxygen atoms in total. The summed E-state index contributed by atoms with van der Waals surface area (Å²) >= 11 is 0. The molecule has 2 saturated carbocycles. The Morgan fingerprint density at radius 1 is 0.550 bits per heavy atom. The molecule has 4 heterocycles. The van der Waals surface area contributed by atoms with E-state index in [0.717, 1.165) is 44.8 Å². The Kier molecular flexibility index (Phi) is 11.8. The fourth-order valence-electron chi connectivity index (χ4n) is 8.87. The number of nitrogens with zero attached hydrogens (tertiary/aromatic N) is 6. The van der Waals surface area contributed by atoms with E-state index in [1.165, 1.54) is 14.2 Å². The van der Waals surface area contributed by atoms with Gasteiger partial charge >= 0.3 is 24.0 Å². The maximum atomic E-state index is 13.5. The third-order valence-electron chi connectivity index (χ3n) is 11.6. The Morgan fingerprint density at radius 2 is 0.950 bits per heavy atom. The van der Waals surface area contributed by atoms with Crippen molar-refractivity contribution < 1.29 is 47.5 Å². The van der Waals surface area contributed by atoms with Crippen molar-refractivity contribution in [1.29, 1.82) is 0 Å². The molecule has 2 aliphatic heterocycles. The second-order valence-electron chi connectivity index (χ2n) is 14.9. The zero-order valence-electron chi connectivity index (χ0n) is 34.5. The predicted molar refractivity (Wildman–Crippen MR) is 217 cm³/mol. The summed E-state index contributed by atoms with van der Waals surface area (Å²) in [5.41, 5.74) is 6.58. The van der Waals surface area contributed by atoms with Crippen molar-refractivity contribution in [3.63, 3.8) is 0 Å². The van der Waals surface area contributed by atoms with E-state index in [1.54, 1.807) is 39.0 Å². The molecule has 6 atom stereocenters. The Hall–Kier alpha value is -6.32. The zero-order valence-corrected chi connectivity index (χ0v) is 34.5. The highest BCUT2D eigenvalue weighted by atomic mass is 16.6. The topological polar surface area (TPSA) is 184 Å². The van der Waals surface area contributed by atoms with E-state index in [0.29, 0.717) is 74.7 Å². The number of esters is 2. The molecule has 4 aliphatic rings. The molecule has 0 N–H and O–H groups in total. The fraction of sp³-hybridized carbons (Fsp3) is 0.455. The monoisotopic (exact) mass is 820 g/mol. The minimum Gasteiger partial charge on any atom is -0.493 e. The van der Waals surface area contributed by atoms with E-state index in [1.807, 2.05) is 38.1 Å². The smallest absolute Gasteiger partial charge is 0.417 e. The van der Waals surface area contributed by atoms with Crippen LogP contribution in [0.5, 0.6) is 35.0 Å². The normalized spacial score (nSPS) is 22.6. The van der Waals surface area contributed by atoms with Crippen LogP contribution < -0.4 is 28.4 Å². The molecule has 0 saturated heterocycles. The lowest BCUT2D eigenvalue weighted by Crippen LogP contribution is -2.39. The van der Waals surface area contributed by atoms with Crippen molar-refractivity contribution in [3.05, 3.63) is 82.4 Å². The molecule has 2 aromatic heterocycles. The fourth-order valence-corrected chi connectivity index (χ4v) is 8.87. The molecule has 0 radical (unpaired) electrons. The van der Waals surface area contributed by atoms with Gasteiger partial charge in [0.25, 0.3) is 0 Å². The first-order valence-corrected chi connectivity index (χ1v) is 20.3. The van der Waals surface area contributed by atoms with Gasteiger partial charge in [-0.25, -0.2) is 29.5 Å². The average molecular weight is 821 g/mol. The molecule has 8 rings (SSSR count). The first-order valence-electron chi connectivity index (χ1n) is 20.3.